The van der Waals surface area contributed by atoms with Crippen LogP contribution < -0.4 is 0 Å². The quantitative estimate of drug-likeness (QED) is 0.449. The molecule has 2 aliphatic heterocycles. The number of nitrogens with one attached hydrogen (secondary N) is 1. The number of hydrogen-bond acceptors (Lipinski definition) is 3. The van der Waals surface area contributed by atoms with Crippen LogP contribution in [0.25, 0.3) is 10.9 Å². The summed E-state index contributed by atoms with van der Waals surface area (Å²) >= 11 is 0. The molecule has 1 fully saturated rings. The van der Waals surface area contributed by atoms with Gasteiger partial charge in [-0.25, -0.2) is 0 Å². The van der Waals surface area contributed by atoms with Gasteiger partial charge in [0.1, 0.15) is 0 Å². The molecule has 0 bridgehead atoms. The number of aromatic nitrogens is 1. The van der Waals surface area contributed by atoms with E-state index in [1.807, 2.05) is 0 Å². The SMILES string of the molecule is Cc1ccc2[nH]c3c(c2c1)CN(C(=O)CN1CCN(C(c2ccccc2)c2ccccc2)CC1)CC3. The summed E-state index contributed by atoms with van der Waals surface area (Å²) in [6.45, 7) is 7.86. The summed E-state index contributed by atoms with van der Waals surface area (Å²) in [4.78, 5) is 23.8. The fourth-order valence-electron chi connectivity index (χ4n) is 5.90. The van der Waals surface area contributed by atoms with Crippen LogP contribution in [-0.2, 0) is 17.8 Å². The third-order valence-electron chi connectivity index (χ3n) is 7.84. The number of rotatable bonds is 5. The summed E-state index contributed by atoms with van der Waals surface area (Å²) in [6, 6.07) is 28.4. The average molecular weight is 479 g/mol. The molecule has 0 atom stereocenters. The van der Waals surface area contributed by atoms with Crippen LogP contribution in [0, 0.1) is 6.92 Å². The fraction of sp³-hybridized carbons (Fsp3) is 0.323. The van der Waals surface area contributed by atoms with E-state index in [0.717, 1.165) is 39.1 Å². The lowest BCUT2D eigenvalue weighted by molar-refractivity contribution is -0.133. The molecule has 1 amide bonds. The third kappa shape index (κ3) is 4.57. The first-order valence-corrected chi connectivity index (χ1v) is 13.1. The van der Waals surface area contributed by atoms with Gasteiger partial charge in [0.25, 0.3) is 0 Å². The van der Waals surface area contributed by atoms with E-state index in [-0.39, 0.29) is 11.9 Å². The van der Waals surface area contributed by atoms with Gasteiger partial charge in [0, 0.05) is 67.8 Å². The van der Waals surface area contributed by atoms with E-state index >= 15 is 0 Å². The van der Waals surface area contributed by atoms with Crippen LogP contribution >= 0.6 is 0 Å². The lowest BCUT2D eigenvalue weighted by Crippen LogP contribution is -2.51. The topological polar surface area (TPSA) is 42.6 Å². The number of H-pyrrole nitrogens is 1. The number of amides is 1. The molecule has 0 saturated carbocycles. The summed E-state index contributed by atoms with van der Waals surface area (Å²) in [7, 11) is 0. The second kappa shape index (κ2) is 9.92. The van der Waals surface area contributed by atoms with E-state index in [1.165, 1.54) is 38.9 Å². The molecule has 184 valence electrons. The Bertz CT molecular complexity index is 1300. The van der Waals surface area contributed by atoms with Crippen LogP contribution in [0.3, 0.4) is 0 Å². The number of benzene rings is 3. The first-order chi connectivity index (χ1) is 17.7. The number of carbonyl (C=O) groups is 1. The van der Waals surface area contributed by atoms with Crippen molar-refractivity contribution in [1.29, 1.82) is 0 Å². The van der Waals surface area contributed by atoms with Gasteiger partial charge >= 0.3 is 0 Å². The van der Waals surface area contributed by atoms with Gasteiger partial charge in [-0.15, -0.1) is 0 Å². The Balaban J connectivity index is 1.11. The predicted octanol–water partition coefficient (Wildman–Crippen LogP) is 4.77. The number of fused-ring (bicyclic) bond motifs is 3. The molecule has 1 saturated heterocycles. The van der Waals surface area contributed by atoms with Gasteiger partial charge in [0.15, 0.2) is 0 Å². The Morgan fingerprint density at radius 1 is 0.861 bits per heavy atom. The van der Waals surface area contributed by atoms with Crippen LogP contribution in [0.2, 0.25) is 0 Å². The van der Waals surface area contributed by atoms with Crippen LogP contribution in [-0.4, -0.2) is 64.9 Å². The van der Waals surface area contributed by atoms with E-state index in [1.54, 1.807) is 0 Å². The van der Waals surface area contributed by atoms with Crippen molar-refractivity contribution in [2.75, 3.05) is 39.3 Å². The summed E-state index contributed by atoms with van der Waals surface area (Å²) < 4.78 is 0. The van der Waals surface area contributed by atoms with Crippen molar-refractivity contribution in [2.45, 2.75) is 25.9 Å². The zero-order valence-electron chi connectivity index (χ0n) is 21.0. The molecule has 5 nitrogen and oxygen atoms in total. The molecule has 3 heterocycles. The molecule has 3 aromatic carbocycles. The van der Waals surface area contributed by atoms with Gasteiger partial charge in [-0.2, -0.15) is 0 Å². The first kappa shape index (κ1) is 23.0. The van der Waals surface area contributed by atoms with E-state index in [2.05, 4.69) is 105 Å². The monoisotopic (exact) mass is 478 g/mol. The lowest BCUT2D eigenvalue weighted by Gasteiger charge is -2.40. The zero-order chi connectivity index (χ0) is 24.5. The van der Waals surface area contributed by atoms with Gasteiger partial charge in [0.05, 0.1) is 12.6 Å². The largest absolute Gasteiger partial charge is 0.358 e. The van der Waals surface area contributed by atoms with E-state index < -0.39 is 0 Å². The molecule has 5 heteroatoms. The summed E-state index contributed by atoms with van der Waals surface area (Å²) in [5.41, 5.74) is 7.68. The maximum absolute atomic E-state index is 13.3. The van der Waals surface area contributed by atoms with Gasteiger partial charge in [-0.1, -0.05) is 72.3 Å². The molecule has 4 aromatic rings. The number of aryl methyl sites for hydroxylation is 1. The van der Waals surface area contributed by atoms with Crippen molar-refractivity contribution in [3.8, 4) is 0 Å². The third-order valence-corrected chi connectivity index (χ3v) is 7.84. The van der Waals surface area contributed by atoms with Crippen LogP contribution in [0.1, 0.15) is 34.0 Å². The minimum Gasteiger partial charge on any atom is -0.358 e. The average Bonchev–Trinajstić information content (AvgIpc) is 3.28. The molecule has 1 N–H and O–H groups in total. The Morgan fingerprint density at radius 3 is 2.19 bits per heavy atom. The standard InChI is InChI=1S/C31H34N4O/c1-23-12-13-28-26(20-23)27-21-35(15-14-29(27)32-28)30(36)22-33-16-18-34(19-17-33)31(24-8-4-2-5-9-24)25-10-6-3-7-11-25/h2-13,20,31-32H,14-19,21-22H2,1H3. The van der Waals surface area contributed by atoms with Crippen molar-refractivity contribution in [1.82, 2.24) is 19.7 Å². The molecule has 0 radical (unpaired) electrons. The Kier molecular flexibility index (Phi) is 6.34. The second-order valence-electron chi connectivity index (χ2n) is 10.2. The van der Waals surface area contributed by atoms with Crippen LogP contribution in [0.5, 0.6) is 0 Å². The first-order valence-electron chi connectivity index (χ1n) is 13.1. The van der Waals surface area contributed by atoms with Gasteiger partial charge in [-0.05, 0) is 30.2 Å². The smallest absolute Gasteiger partial charge is 0.237 e. The Hall–Kier alpha value is -3.41. The molecule has 2 aliphatic rings. The molecule has 0 aliphatic carbocycles. The molecule has 36 heavy (non-hydrogen) atoms. The summed E-state index contributed by atoms with van der Waals surface area (Å²) in [5, 5.41) is 1.27. The van der Waals surface area contributed by atoms with Gasteiger partial charge in [-0.3, -0.25) is 14.6 Å². The van der Waals surface area contributed by atoms with Crippen molar-refractivity contribution in [2.24, 2.45) is 0 Å². The van der Waals surface area contributed by atoms with E-state index in [9.17, 15) is 4.79 Å². The lowest BCUT2D eigenvalue weighted by atomic mass is 9.96. The second-order valence-corrected chi connectivity index (χ2v) is 10.2. The van der Waals surface area contributed by atoms with E-state index in [0.29, 0.717) is 13.1 Å². The molecular formula is C31H34N4O. The van der Waals surface area contributed by atoms with Gasteiger partial charge in [0.2, 0.25) is 5.91 Å². The minimum absolute atomic E-state index is 0.246. The molecular weight excluding hydrogens is 444 g/mol. The minimum atomic E-state index is 0.246. The van der Waals surface area contributed by atoms with Crippen molar-refractivity contribution < 1.29 is 4.79 Å². The highest BCUT2D eigenvalue weighted by Gasteiger charge is 2.29. The number of nitrogens with zero attached hydrogens (tertiary/aromatic N) is 3. The fourth-order valence-corrected chi connectivity index (χ4v) is 5.90. The Morgan fingerprint density at radius 2 is 1.53 bits per heavy atom. The van der Waals surface area contributed by atoms with Gasteiger partial charge < -0.3 is 9.88 Å². The van der Waals surface area contributed by atoms with E-state index in [4.69, 9.17) is 0 Å². The highest BCUT2D eigenvalue weighted by Crippen LogP contribution is 2.30. The van der Waals surface area contributed by atoms with Crippen molar-refractivity contribution in [3.05, 3.63) is 107 Å². The zero-order valence-corrected chi connectivity index (χ0v) is 21.0. The predicted molar refractivity (Wildman–Crippen MR) is 145 cm³/mol. The maximum Gasteiger partial charge on any atom is 0.237 e. The molecule has 0 unspecified atom stereocenters. The highest BCUT2D eigenvalue weighted by molar-refractivity contribution is 5.87. The number of carbonyl (C=O) groups excluding carboxylic acids is 1. The van der Waals surface area contributed by atoms with Crippen LogP contribution in [0.15, 0.2) is 78.9 Å². The summed E-state index contributed by atoms with van der Waals surface area (Å²) in [6.07, 6.45) is 0.901. The molecule has 0 spiro atoms. The normalized spacial score (nSPS) is 17.0. The maximum atomic E-state index is 13.3. The number of hydrogen-bond donors (Lipinski definition) is 1. The molecule has 6 rings (SSSR count). The summed E-state index contributed by atoms with van der Waals surface area (Å²) in [5.74, 6) is 0.249. The number of piperazine rings is 1. The molecule has 1 aromatic heterocycles. The van der Waals surface area contributed by atoms with Crippen LogP contribution in [0.4, 0.5) is 0 Å². The Labute approximate surface area is 213 Å². The van der Waals surface area contributed by atoms with Crippen molar-refractivity contribution >= 4 is 16.8 Å². The highest BCUT2D eigenvalue weighted by atomic mass is 16.2. The number of aromatic amines is 1. The van der Waals surface area contributed by atoms with Crippen molar-refractivity contribution in [3.63, 3.8) is 0 Å².